The number of hydrogen-bond acceptors (Lipinski definition) is 2. The van der Waals surface area contributed by atoms with Gasteiger partial charge in [0, 0.05) is 12.6 Å². The first-order valence-corrected chi connectivity index (χ1v) is 8.58. The topological polar surface area (TPSA) is 37.1 Å². The third-order valence-corrected chi connectivity index (χ3v) is 5.62. The number of rotatable bonds is 7. The molecular formula is C15H23NO2S. The summed E-state index contributed by atoms with van der Waals surface area (Å²) in [6.07, 6.45) is 5.82. The number of aryl methyl sites for hydroxylation is 1. The molecule has 1 heterocycles. The van der Waals surface area contributed by atoms with E-state index in [1.54, 1.807) is 16.4 Å². The summed E-state index contributed by atoms with van der Waals surface area (Å²) in [5, 5.41) is 0. The van der Waals surface area contributed by atoms with Gasteiger partial charge in [-0.25, -0.2) is 8.42 Å². The maximum Gasteiger partial charge on any atom is 0.243 e. The molecule has 1 aromatic rings. The molecule has 0 aliphatic carbocycles. The van der Waals surface area contributed by atoms with Crippen LogP contribution in [0, 0.1) is 6.92 Å². The molecule has 0 bridgehead atoms. The fourth-order valence-corrected chi connectivity index (χ4v) is 3.96. The smallest absolute Gasteiger partial charge is 0.207 e. The van der Waals surface area contributed by atoms with Crippen LogP contribution in [0.25, 0.3) is 0 Å². The minimum atomic E-state index is -3.24. The summed E-state index contributed by atoms with van der Waals surface area (Å²) in [5.41, 5.74) is 1.08. The third kappa shape index (κ3) is 3.57. The molecule has 106 valence electrons. The zero-order valence-corrected chi connectivity index (χ0v) is 12.6. The van der Waals surface area contributed by atoms with Gasteiger partial charge in [0.25, 0.3) is 0 Å². The second-order valence-electron chi connectivity index (χ2n) is 5.39. The van der Waals surface area contributed by atoms with Crippen LogP contribution < -0.4 is 0 Å². The van der Waals surface area contributed by atoms with Crippen molar-refractivity contribution in [2.75, 3.05) is 6.54 Å². The van der Waals surface area contributed by atoms with Crippen molar-refractivity contribution in [2.45, 2.75) is 56.9 Å². The molecule has 1 aromatic carbocycles. The Morgan fingerprint density at radius 3 is 2.47 bits per heavy atom. The highest BCUT2D eigenvalue weighted by atomic mass is 32.2. The lowest BCUT2D eigenvalue weighted by atomic mass is 10.1. The van der Waals surface area contributed by atoms with E-state index in [1.807, 2.05) is 19.1 Å². The van der Waals surface area contributed by atoms with E-state index in [1.165, 1.54) is 19.3 Å². The maximum absolute atomic E-state index is 12.3. The zero-order chi connectivity index (χ0) is 13.9. The fraction of sp³-hybridized carbons (Fsp3) is 0.600. The molecule has 0 saturated carbocycles. The van der Waals surface area contributed by atoms with E-state index in [0.717, 1.165) is 18.4 Å². The second-order valence-corrected chi connectivity index (χ2v) is 7.28. The summed E-state index contributed by atoms with van der Waals surface area (Å²) in [5.74, 6) is 0. The van der Waals surface area contributed by atoms with Gasteiger partial charge in [0.1, 0.15) is 0 Å². The van der Waals surface area contributed by atoms with E-state index in [4.69, 9.17) is 0 Å². The van der Waals surface area contributed by atoms with Crippen LogP contribution in [0.3, 0.4) is 0 Å². The first-order chi connectivity index (χ1) is 9.05. The summed E-state index contributed by atoms with van der Waals surface area (Å²) in [7, 11) is -3.24. The quantitative estimate of drug-likeness (QED) is 0.568. The van der Waals surface area contributed by atoms with E-state index < -0.39 is 10.0 Å². The Morgan fingerprint density at radius 2 is 1.84 bits per heavy atom. The summed E-state index contributed by atoms with van der Waals surface area (Å²) < 4.78 is 26.3. The van der Waals surface area contributed by atoms with Crippen molar-refractivity contribution >= 4 is 10.0 Å². The molecule has 0 amide bonds. The third-order valence-electron chi connectivity index (χ3n) is 3.68. The fourth-order valence-electron chi connectivity index (χ4n) is 2.34. The van der Waals surface area contributed by atoms with Crippen LogP contribution in [-0.2, 0) is 10.0 Å². The summed E-state index contributed by atoms with van der Waals surface area (Å²) in [4.78, 5) is 0.425. The van der Waals surface area contributed by atoms with Gasteiger partial charge >= 0.3 is 0 Å². The van der Waals surface area contributed by atoms with Gasteiger partial charge in [0.2, 0.25) is 10.0 Å². The molecule has 0 N–H and O–H groups in total. The van der Waals surface area contributed by atoms with E-state index in [9.17, 15) is 8.42 Å². The highest BCUT2D eigenvalue weighted by Crippen LogP contribution is 2.31. The monoisotopic (exact) mass is 281 g/mol. The van der Waals surface area contributed by atoms with Gasteiger partial charge in [0.15, 0.2) is 0 Å². The molecule has 1 aliphatic rings. The molecule has 2 rings (SSSR count). The standard InChI is InChI=1S/C15H23NO2S/c1-3-4-5-6-7-14-12-16(14)19(17,18)15-10-8-13(2)9-11-15/h8-11,14H,3-7,12H2,1-2H3/t14-,16?/m1/s1. The Kier molecular flexibility index (Phi) is 4.63. The van der Waals surface area contributed by atoms with Gasteiger partial charge in [-0.3, -0.25) is 0 Å². The average molecular weight is 281 g/mol. The molecule has 0 aromatic heterocycles. The Bertz CT molecular complexity index is 507. The van der Waals surface area contributed by atoms with Crippen molar-refractivity contribution in [1.82, 2.24) is 4.31 Å². The SMILES string of the molecule is CCCCCC[C@@H]1CN1S(=O)(=O)c1ccc(C)cc1. The normalized spacial score (nSPS) is 22.4. The number of hydrogen-bond donors (Lipinski definition) is 0. The van der Waals surface area contributed by atoms with Gasteiger partial charge < -0.3 is 0 Å². The van der Waals surface area contributed by atoms with Crippen molar-refractivity contribution in [2.24, 2.45) is 0 Å². The summed E-state index contributed by atoms with van der Waals surface area (Å²) in [6.45, 7) is 4.85. The molecule has 1 aliphatic heterocycles. The van der Waals surface area contributed by atoms with Crippen LogP contribution in [0.5, 0.6) is 0 Å². The lowest BCUT2D eigenvalue weighted by molar-refractivity contribution is 0.537. The highest BCUT2D eigenvalue weighted by Gasteiger charge is 2.43. The van der Waals surface area contributed by atoms with Crippen LogP contribution >= 0.6 is 0 Å². The Balaban J connectivity index is 1.90. The van der Waals surface area contributed by atoms with Crippen molar-refractivity contribution in [1.29, 1.82) is 0 Å². The van der Waals surface area contributed by atoms with Crippen LogP contribution in [0.2, 0.25) is 0 Å². The van der Waals surface area contributed by atoms with Crippen molar-refractivity contribution in [3.63, 3.8) is 0 Å². The first kappa shape index (κ1) is 14.5. The van der Waals surface area contributed by atoms with Crippen LogP contribution in [0.4, 0.5) is 0 Å². The van der Waals surface area contributed by atoms with Crippen molar-refractivity contribution < 1.29 is 8.42 Å². The molecule has 1 unspecified atom stereocenters. The van der Waals surface area contributed by atoms with E-state index in [0.29, 0.717) is 11.4 Å². The highest BCUT2D eigenvalue weighted by molar-refractivity contribution is 7.89. The lowest BCUT2D eigenvalue weighted by Crippen LogP contribution is -2.14. The summed E-state index contributed by atoms with van der Waals surface area (Å²) >= 11 is 0. The van der Waals surface area contributed by atoms with E-state index in [-0.39, 0.29) is 6.04 Å². The number of benzene rings is 1. The van der Waals surface area contributed by atoms with Gasteiger partial charge in [-0.15, -0.1) is 0 Å². The van der Waals surface area contributed by atoms with Crippen molar-refractivity contribution in [3.05, 3.63) is 29.8 Å². The summed E-state index contributed by atoms with van der Waals surface area (Å²) in [6, 6.07) is 7.36. The minimum absolute atomic E-state index is 0.239. The molecule has 0 radical (unpaired) electrons. The van der Waals surface area contributed by atoms with Gasteiger partial charge in [0.05, 0.1) is 4.90 Å². The van der Waals surface area contributed by atoms with E-state index >= 15 is 0 Å². The zero-order valence-electron chi connectivity index (χ0n) is 11.8. The van der Waals surface area contributed by atoms with Gasteiger partial charge in [-0.1, -0.05) is 50.3 Å². The largest absolute Gasteiger partial charge is 0.243 e. The molecule has 3 nitrogen and oxygen atoms in total. The van der Waals surface area contributed by atoms with Gasteiger partial charge in [-0.05, 0) is 25.5 Å². The maximum atomic E-state index is 12.3. The number of unbranched alkanes of at least 4 members (excludes halogenated alkanes) is 3. The minimum Gasteiger partial charge on any atom is -0.207 e. The molecule has 19 heavy (non-hydrogen) atoms. The second kappa shape index (κ2) is 6.06. The lowest BCUT2D eigenvalue weighted by Gasteiger charge is -2.06. The molecule has 1 fully saturated rings. The number of nitrogens with zero attached hydrogens (tertiary/aromatic N) is 1. The predicted molar refractivity (Wildman–Crippen MR) is 77.6 cm³/mol. The Morgan fingerprint density at radius 1 is 1.16 bits per heavy atom. The van der Waals surface area contributed by atoms with E-state index in [2.05, 4.69) is 6.92 Å². The van der Waals surface area contributed by atoms with Crippen LogP contribution in [0.15, 0.2) is 29.2 Å². The van der Waals surface area contributed by atoms with Gasteiger partial charge in [-0.2, -0.15) is 4.31 Å². The Labute approximate surface area is 116 Å². The molecule has 1 saturated heterocycles. The molecule has 4 heteroatoms. The number of sulfonamides is 1. The van der Waals surface area contributed by atoms with Crippen molar-refractivity contribution in [3.8, 4) is 0 Å². The molecule has 0 spiro atoms. The van der Waals surface area contributed by atoms with Crippen LogP contribution in [-0.4, -0.2) is 25.3 Å². The Hall–Kier alpha value is -0.870. The first-order valence-electron chi connectivity index (χ1n) is 7.14. The average Bonchev–Trinajstić information content (AvgIpc) is 3.15. The predicted octanol–water partition coefficient (Wildman–Crippen LogP) is 3.34. The molecule has 2 atom stereocenters. The van der Waals surface area contributed by atoms with Crippen LogP contribution in [0.1, 0.15) is 44.6 Å². The molecular weight excluding hydrogens is 258 g/mol.